The summed E-state index contributed by atoms with van der Waals surface area (Å²) in [5.74, 6) is -0.264. The zero-order valence-corrected chi connectivity index (χ0v) is 14.3. The largest absolute Gasteiger partial charge is 0.341 e. The molecule has 0 saturated carbocycles. The second-order valence-electron chi connectivity index (χ2n) is 4.85. The Morgan fingerprint density at radius 2 is 1.90 bits per heavy atom. The van der Waals surface area contributed by atoms with Gasteiger partial charge in [-0.2, -0.15) is 0 Å². The van der Waals surface area contributed by atoms with Crippen LogP contribution in [0.15, 0.2) is 27.1 Å². The summed E-state index contributed by atoms with van der Waals surface area (Å²) in [6.45, 7) is 3.31. The Hall–Kier alpha value is -0.880. The van der Waals surface area contributed by atoms with Crippen molar-refractivity contribution < 1.29 is 9.59 Å². The lowest BCUT2D eigenvalue weighted by Gasteiger charge is -2.21. The van der Waals surface area contributed by atoms with Crippen LogP contribution in [0.1, 0.15) is 30.1 Å². The van der Waals surface area contributed by atoms with Crippen molar-refractivity contribution in [3.05, 3.63) is 32.7 Å². The average Bonchev–Trinajstić information content (AvgIpc) is 2.94. The maximum Gasteiger partial charge on any atom is 0.253 e. The van der Waals surface area contributed by atoms with E-state index >= 15 is 0 Å². The number of hydrogen-bond acceptors (Lipinski definition) is 2. The van der Waals surface area contributed by atoms with E-state index in [2.05, 4.69) is 37.2 Å². The van der Waals surface area contributed by atoms with E-state index in [-0.39, 0.29) is 11.8 Å². The van der Waals surface area contributed by atoms with Gasteiger partial charge in [-0.05, 0) is 53.9 Å². The number of likely N-dealkylation sites (tertiary alicyclic amines) is 1. The van der Waals surface area contributed by atoms with Crippen LogP contribution in [0.25, 0.3) is 0 Å². The third kappa shape index (κ3) is 3.61. The van der Waals surface area contributed by atoms with E-state index in [4.69, 9.17) is 0 Å². The molecular weight excluding hydrogens is 388 g/mol. The molecule has 2 amide bonds. The topological polar surface area (TPSA) is 49.4 Å². The highest BCUT2D eigenvalue weighted by molar-refractivity contribution is 9.11. The molecule has 1 atom stereocenters. The summed E-state index contributed by atoms with van der Waals surface area (Å²) >= 11 is 6.68. The van der Waals surface area contributed by atoms with Crippen molar-refractivity contribution in [2.45, 2.75) is 25.8 Å². The first-order valence-corrected chi connectivity index (χ1v) is 8.12. The molecular formula is C14H16Br2N2O2. The molecule has 1 unspecified atom stereocenters. The smallest absolute Gasteiger partial charge is 0.253 e. The molecule has 108 valence electrons. The Bertz CT molecular complexity index is 528. The molecule has 0 bridgehead atoms. The summed E-state index contributed by atoms with van der Waals surface area (Å²) in [5.41, 5.74) is 0.514. The number of nitrogens with one attached hydrogen (secondary N) is 1. The molecule has 2 rings (SSSR count). The molecule has 1 aliphatic rings. The molecule has 6 heteroatoms. The van der Waals surface area contributed by atoms with Gasteiger partial charge >= 0.3 is 0 Å². The van der Waals surface area contributed by atoms with Crippen molar-refractivity contribution in [3.63, 3.8) is 0 Å². The number of halogens is 2. The van der Waals surface area contributed by atoms with Crippen LogP contribution in [0.3, 0.4) is 0 Å². The van der Waals surface area contributed by atoms with Crippen LogP contribution in [0.2, 0.25) is 0 Å². The number of benzene rings is 1. The zero-order valence-electron chi connectivity index (χ0n) is 11.2. The summed E-state index contributed by atoms with van der Waals surface area (Å²) in [6, 6.07) is 4.87. The van der Waals surface area contributed by atoms with E-state index in [1.54, 1.807) is 24.0 Å². The number of carbonyl (C=O) groups excluding carboxylic acids is 2. The van der Waals surface area contributed by atoms with Crippen molar-refractivity contribution >= 4 is 43.7 Å². The third-order valence-electron chi connectivity index (χ3n) is 3.31. The van der Waals surface area contributed by atoms with Crippen LogP contribution in [0, 0.1) is 0 Å². The van der Waals surface area contributed by atoms with Crippen LogP contribution in [-0.2, 0) is 4.79 Å². The van der Waals surface area contributed by atoms with Gasteiger partial charge in [-0.15, -0.1) is 0 Å². The average molecular weight is 404 g/mol. The Kier molecular flexibility index (Phi) is 5.21. The predicted octanol–water partition coefficient (Wildman–Crippen LogP) is 2.95. The molecule has 1 heterocycles. The lowest BCUT2D eigenvalue weighted by molar-refractivity contribution is -0.131. The van der Waals surface area contributed by atoms with E-state index < -0.39 is 6.04 Å². The lowest BCUT2D eigenvalue weighted by atomic mass is 10.2. The van der Waals surface area contributed by atoms with Gasteiger partial charge in [0.25, 0.3) is 5.91 Å². The fourth-order valence-electron chi connectivity index (χ4n) is 2.22. The summed E-state index contributed by atoms with van der Waals surface area (Å²) in [6.07, 6.45) is 2.09. The van der Waals surface area contributed by atoms with Gasteiger partial charge in [0.05, 0.1) is 5.56 Å². The van der Waals surface area contributed by atoms with Crippen LogP contribution in [-0.4, -0.2) is 35.8 Å². The Morgan fingerprint density at radius 3 is 2.55 bits per heavy atom. The van der Waals surface area contributed by atoms with Crippen LogP contribution >= 0.6 is 31.9 Å². The molecule has 4 nitrogen and oxygen atoms in total. The van der Waals surface area contributed by atoms with Crippen molar-refractivity contribution in [3.8, 4) is 0 Å². The molecule has 0 radical (unpaired) electrons. The molecule has 1 aromatic rings. The van der Waals surface area contributed by atoms with E-state index in [9.17, 15) is 9.59 Å². The fourth-order valence-corrected chi connectivity index (χ4v) is 3.01. The Balaban J connectivity index is 2.03. The van der Waals surface area contributed by atoms with Gasteiger partial charge in [-0.25, -0.2) is 0 Å². The first-order chi connectivity index (χ1) is 9.49. The van der Waals surface area contributed by atoms with Crippen molar-refractivity contribution in [2.24, 2.45) is 0 Å². The number of carbonyl (C=O) groups is 2. The second-order valence-corrected chi connectivity index (χ2v) is 6.62. The SMILES string of the molecule is CC(NC(=O)c1cc(Br)ccc1Br)C(=O)N1CCCC1. The van der Waals surface area contributed by atoms with Gasteiger partial charge in [0.1, 0.15) is 6.04 Å². The fraction of sp³-hybridized carbons (Fsp3) is 0.429. The summed E-state index contributed by atoms with van der Waals surface area (Å²) in [4.78, 5) is 26.2. The third-order valence-corrected chi connectivity index (χ3v) is 4.49. The summed E-state index contributed by atoms with van der Waals surface area (Å²) in [5, 5.41) is 2.76. The minimum absolute atomic E-state index is 0.0121. The number of rotatable bonds is 3. The molecule has 1 aliphatic heterocycles. The summed E-state index contributed by atoms with van der Waals surface area (Å²) in [7, 11) is 0. The van der Waals surface area contributed by atoms with Crippen LogP contribution in [0.4, 0.5) is 0 Å². The molecule has 0 aliphatic carbocycles. The van der Waals surface area contributed by atoms with E-state index in [0.717, 1.165) is 30.4 Å². The van der Waals surface area contributed by atoms with Crippen molar-refractivity contribution in [1.29, 1.82) is 0 Å². The second kappa shape index (κ2) is 6.72. The Morgan fingerprint density at radius 1 is 1.25 bits per heavy atom. The van der Waals surface area contributed by atoms with Gasteiger partial charge in [0, 0.05) is 22.0 Å². The highest BCUT2D eigenvalue weighted by Crippen LogP contribution is 2.21. The van der Waals surface area contributed by atoms with Crippen molar-refractivity contribution in [2.75, 3.05) is 13.1 Å². The zero-order chi connectivity index (χ0) is 14.7. The minimum atomic E-state index is -0.508. The van der Waals surface area contributed by atoms with Gasteiger partial charge in [0.2, 0.25) is 5.91 Å². The molecule has 0 spiro atoms. The standard InChI is InChI=1S/C14H16Br2N2O2/c1-9(14(20)18-6-2-3-7-18)17-13(19)11-8-10(15)4-5-12(11)16/h4-5,8-9H,2-3,6-7H2,1H3,(H,17,19). The molecule has 1 N–H and O–H groups in total. The molecule has 20 heavy (non-hydrogen) atoms. The van der Waals surface area contributed by atoms with Crippen molar-refractivity contribution in [1.82, 2.24) is 10.2 Å². The molecule has 0 aromatic heterocycles. The summed E-state index contributed by atoms with van der Waals surface area (Å²) < 4.78 is 1.53. The van der Waals surface area contributed by atoms with Gasteiger partial charge in [-0.3, -0.25) is 9.59 Å². The number of amides is 2. The first-order valence-electron chi connectivity index (χ1n) is 6.54. The molecule has 1 fully saturated rings. The van der Waals surface area contributed by atoms with Crippen LogP contribution < -0.4 is 5.32 Å². The predicted molar refractivity (Wildman–Crippen MR) is 84.6 cm³/mol. The maximum absolute atomic E-state index is 12.2. The normalized spacial score (nSPS) is 16.1. The van der Waals surface area contributed by atoms with Crippen LogP contribution in [0.5, 0.6) is 0 Å². The monoisotopic (exact) mass is 402 g/mol. The number of nitrogens with zero attached hydrogens (tertiary/aromatic N) is 1. The maximum atomic E-state index is 12.2. The number of hydrogen-bond donors (Lipinski definition) is 1. The first kappa shape index (κ1) is 15.5. The minimum Gasteiger partial charge on any atom is -0.341 e. The van der Waals surface area contributed by atoms with E-state index in [1.165, 1.54) is 0 Å². The molecule has 1 saturated heterocycles. The van der Waals surface area contributed by atoms with Gasteiger partial charge in [-0.1, -0.05) is 15.9 Å². The Labute approximate surface area is 135 Å². The lowest BCUT2D eigenvalue weighted by Crippen LogP contribution is -2.46. The van der Waals surface area contributed by atoms with E-state index in [1.807, 2.05) is 6.07 Å². The quantitative estimate of drug-likeness (QED) is 0.843. The van der Waals surface area contributed by atoms with Gasteiger partial charge < -0.3 is 10.2 Å². The highest BCUT2D eigenvalue weighted by atomic mass is 79.9. The van der Waals surface area contributed by atoms with E-state index in [0.29, 0.717) is 10.0 Å². The van der Waals surface area contributed by atoms with Gasteiger partial charge in [0.15, 0.2) is 0 Å². The molecule has 1 aromatic carbocycles. The highest BCUT2D eigenvalue weighted by Gasteiger charge is 2.25.